The first kappa shape index (κ1) is 57.1. The molecule has 0 heterocycles. The molecule has 0 saturated heterocycles. The van der Waals surface area contributed by atoms with E-state index in [4.69, 9.17) is 37.0 Å². The molecule has 0 bridgehead atoms. The summed E-state index contributed by atoms with van der Waals surface area (Å²) in [6.07, 6.45) is 13.4. The number of phosphoric acid groups is 2. The molecule has 0 aliphatic rings. The van der Waals surface area contributed by atoms with Crippen molar-refractivity contribution in [2.75, 3.05) is 39.6 Å². The van der Waals surface area contributed by atoms with E-state index in [0.29, 0.717) is 25.7 Å². The van der Waals surface area contributed by atoms with Crippen molar-refractivity contribution in [1.82, 2.24) is 0 Å². The third-order valence-corrected chi connectivity index (χ3v) is 10.8. The zero-order chi connectivity index (χ0) is 44.2. The van der Waals surface area contributed by atoms with E-state index < -0.39 is 97.5 Å². The Balaban J connectivity index is 5.08. The molecule has 348 valence electrons. The van der Waals surface area contributed by atoms with Gasteiger partial charge in [0.25, 0.3) is 0 Å². The average molecular weight is 891 g/mol. The number of aliphatic hydroxyl groups excluding tert-OH is 1. The van der Waals surface area contributed by atoms with Gasteiger partial charge in [0.15, 0.2) is 12.2 Å². The second-order valence-corrected chi connectivity index (χ2v) is 17.6. The Morgan fingerprint density at radius 2 is 0.678 bits per heavy atom. The summed E-state index contributed by atoms with van der Waals surface area (Å²) in [6, 6.07) is 0. The number of aliphatic hydroxyl groups is 1. The molecule has 0 aromatic carbocycles. The van der Waals surface area contributed by atoms with Crippen LogP contribution in [0.2, 0.25) is 0 Å². The van der Waals surface area contributed by atoms with Gasteiger partial charge in [-0.2, -0.15) is 0 Å². The van der Waals surface area contributed by atoms with Crippen molar-refractivity contribution in [3.63, 3.8) is 0 Å². The van der Waals surface area contributed by atoms with E-state index in [-0.39, 0.29) is 25.7 Å². The van der Waals surface area contributed by atoms with Gasteiger partial charge in [0.2, 0.25) is 0 Å². The molecule has 0 rings (SSSR count). The molecular formula is C40H76O17P2. The van der Waals surface area contributed by atoms with Crippen molar-refractivity contribution in [3.05, 3.63) is 0 Å². The fraction of sp³-hybridized carbons (Fsp3) is 0.900. The lowest BCUT2D eigenvalue weighted by atomic mass is 10.1. The molecule has 5 atom stereocenters. The third-order valence-electron chi connectivity index (χ3n) is 8.85. The van der Waals surface area contributed by atoms with Crippen molar-refractivity contribution in [2.45, 2.75) is 194 Å². The Bertz CT molecular complexity index is 1200. The molecule has 0 aliphatic carbocycles. The largest absolute Gasteiger partial charge is 0.472 e. The lowest BCUT2D eigenvalue weighted by molar-refractivity contribution is -0.161. The van der Waals surface area contributed by atoms with E-state index in [9.17, 15) is 43.2 Å². The third kappa shape index (κ3) is 36.4. The maximum atomic E-state index is 12.6. The summed E-state index contributed by atoms with van der Waals surface area (Å²) in [6.45, 7) is 4.28. The van der Waals surface area contributed by atoms with Crippen LogP contribution >= 0.6 is 15.6 Å². The predicted molar refractivity (Wildman–Crippen MR) is 220 cm³/mol. The number of rotatable bonds is 41. The van der Waals surface area contributed by atoms with Crippen LogP contribution in [0.3, 0.4) is 0 Å². The van der Waals surface area contributed by atoms with E-state index in [2.05, 4.69) is 13.8 Å². The predicted octanol–water partition coefficient (Wildman–Crippen LogP) is 8.58. The number of hydrogen-bond acceptors (Lipinski definition) is 15. The second kappa shape index (κ2) is 36.7. The molecular weight excluding hydrogens is 814 g/mol. The number of phosphoric ester groups is 2. The van der Waals surface area contributed by atoms with Gasteiger partial charge in [-0.25, -0.2) is 9.13 Å². The average Bonchev–Trinajstić information content (AvgIpc) is 3.20. The highest BCUT2D eigenvalue weighted by atomic mass is 31.2. The highest BCUT2D eigenvalue weighted by Crippen LogP contribution is 2.45. The van der Waals surface area contributed by atoms with E-state index in [0.717, 1.165) is 96.3 Å². The topological polar surface area (TPSA) is 237 Å². The number of hydrogen-bond donors (Lipinski definition) is 3. The molecule has 0 aromatic rings. The minimum absolute atomic E-state index is 0.0947. The first-order valence-corrected chi connectivity index (χ1v) is 24.8. The molecule has 0 aromatic heterocycles. The van der Waals surface area contributed by atoms with Crippen LogP contribution < -0.4 is 0 Å². The van der Waals surface area contributed by atoms with Gasteiger partial charge in [0.1, 0.15) is 19.3 Å². The first-order chi connectivity index (χ1) is 28.2. The summed E-state index contributed by atoms with van der Waals surface area (Å²) < 4.78 is 66.0. The molecule has 0 radical (unpaired) electrons. The minimum Gasteiger partial charge on any atom is -0.462 e. The van der Waals surface area contributed by atoms with Crippen LogP contribution in [0.25, 0.3) is 0 Å². The number of esters is 4. The Hall–Kier alpha value is -1.94. The Morgan fingerprint density at radius 3 is 1.02 bits per heavy atom. The standard InChI is InChI=1S/C40H76O17P2/c1-5-9-13-17-19-23-27-40(45)57-36(30-50-37(42)24-20-15-11-7-3)33-55-59(48,49)53-29-34(41)28-52-58(46,47)54-32-35(56-39(44)26-21-16-12-8-4)31-51-38(43)25-22-18-14-10-6-2/h34-36,41H,5-33H2,1-4H3,(H,46,47)(H,48,49)/t34-,35+,36+/m0/s1. The molecule has 19 heteroatoms. The summed E-state index contributed by atoms with van der Waals surface area (Å²) in [5.41, 5.74) is 0. The van der Waals surface area contributed by atoms with Crippen LogP contribution in [-0.4, -0.2) is 96.7 Å². The molecule has 0 fully saturated rings. The van der Waals surface area contributed by atoms with Gasteiger partial charge in [0, 0.05) is 25.7 Å². The first-order valence-electron chi connectivity index (χ1n) is 21.8. The summed E-state index contributed by atoms with van der Waals surface area (Å²) in [5.74, 6) is -2.22. The van der Waals surface area contributed by atoms with Crippen LogP contribution in [0.1, 0.15) is 175 Å². The van der Waals surface area contributed by atoms with Crippen molar-refractivity contribution < 1.29 is 80.2 Å². The fourth-order valence-electron chi connectivity index (χ4n) is 5.39. The summed E-state index contributed by atoms with van der Waals surface area (Å²) in [5, 5.41) is 10.3. The zero-order valence-corrected chi connectivity index (χ0v) is 38.0. The zero-order valence-electron chi connectivity index (χ0n) is 36.2. The lowest BCUT2D eigenvalue weighted by Crippen LogP contribution is -2.30. The van der Waals surface area contributed by atoms with E-state index in [1.165, 1.54) is 0 Å². The highest BCUT2D eigenvalue weighted by molar-refractivity contribution is 7.47. The van der Waals surface area contributed by atoms with Crippen LogP contribution in [-0.2, 0) is 65.4 Å². The quantitative estimate of drug-likeness (QED) is 0.0225. The maximum absolute atomic E-state index is 12.6. The Labute approximate surface area is 352 Å². The second-order valence-electron chi connectivity index (χ2n) is 14.7. The van der Waals surface area contributed by atoms with Gasteiger partial charge in [-0.3, -0.25) is 37.3 Å². The molecule has 0 spiro atoms. The van der Waals surface area contributed by atoms with E-state index in [1.54, 1.807) is 0 Å². The lowest BCUT2D eigenvalue weighted by Gasteiger charge is -2.21. The summed E-state index contributed by atoms with van der Waals surface area (Å²) >= 11 is 0. The van der Waals surface area contributed by atoms with Crippen LogP contribution in [0.15, 0.2) is 0 Å². The monoisotopic (exact) mass is 890 g/mol. The Morgan fingerprint density at radius 1 is 0.407 bits per heavy atom. The molecule has 0 aliphatic heterocycles. The van der Waals surface area contributed by atoms with Gasteiger partial charge in [-0.1, -0.05) is 124 Å². The van der Waals surface area contributed by atoms with Gasteiger partial charge >= 0.3 is 39.5 Å². The maximum Gasteiger partial charge on any atom is 0.472 e. The normalized spacial score (nSPS) is 15.0. The number of carbonyl (C=O) groups is 4. The van der Waals surface area contributed by atoms with Crippen molar-refractivity contribution in [3.8, 4) is 0 Å². The number of carbonyl (C=O) groups excluding carboxylic acids is 4. The Kier molecular flexibility index (Phi) is 35.5. The minimum atomic E-state index is -4.90. The summed E-state index contributed by atoms with van der Waals surface area (Å²) in [7, 11) is -9.79. The van der Waals surface area contributed by atoms with Crippen LogP contribution in [0.5, 0.6) is 0 Å². The fourth-order valence-corrected chi connectivity index (χ4v) is 6.97. The smallest absolute Gasteiger partial charge is 0.462 e. The van der Waals surface area contributed by atoms with Crippen LogP contribution in [0, 0.1) is 0 Å². The molecule has 0 saturated carbocycles. The van der Waals surface area contributed by atoms with E-state index >= 15 is 0 Å². The SMILES string of the molecule is CCCCCCCCC(=O)O[C@H](COC(=O)CCCCCC)COP(=O)(O)OC[C@@H](O)COP(=O)(O)OC[C@@H](COC(=O)CCCCCCC)OC(=O)CCCCCC. The van der Waals surface area contributed by atoms with Gasteiger partial charge in [0.05, 0.1) is 26.4 Å². The van der Waals surface area contributed by atoms with Crippen LogP contribution in [0.4, 0.5) is 0 Å². The molecule has 0 amide bonds. The molecule has 17 nitrogen and oxygen atoms in total. The van der Waals surface area contributed by atoms with Gasteiger partial charge in [-0.15, -0.1) is 0 Å². The molecule has 3 N–H and O–H groups in total. The van der Waals surface area contributed by atoms with Crippen molar-refractivity contribution in [1.29, 1.82) is 0 Å². The summed E-state index contributed by atoms with van der Waals surface area (Å²) in [4.78, 5) is 69.9. The van der Waals surface area contributed by atoms with E-state index in [1.807, 2.05) is 13.8 Å². The van der Waals surface area contributed by atoms with Crippen molar-refractivity contribution in [2.24, 2.45) is 0 Å². The van der Waals surface area contributed by atoms with Crippen molar-refractivity contribution >= 4 is 39.5 Å². The highest BCUT2D eigenvalue weighted by Gasteiger charge is 2.30. The molecule has 59 heavy (non-hydrogen) atoms. The number of ether oxygens (including phenoxy) is 4. The molecule has 2 unspecified atom stereocenters. The number of unbranched alkanes of at least 4 members (excludes halogenated alkanes) is 15. The van der Waals surface area contributed by atoms with Gasteiger partial charge in [-0.05, 0) is 25.7 Å². The van der Waals surface area contributed by atoms with Gasteiger partial charge < -0.3 is 33.8 Å².